The molecule has 0 saturated carbocycles. The zero-order valence-electron chi connectivity index (χ0n) is 4.20. The van der Waals surface area contributed by atoms with Crippen LogP contribution in [0, 0.1) is 0 Å². The number of aliphatic hydroxyl groups excluding tert-OH is 3. The average molecular weight is 122 g/mol. The van der Waals surface area contributed by atoms with Gasteiger partial charge in [0.25, 0.3) is 0 Å². The molecule has 3 N–H and O–H groups in total. The van der Waals surface area contributed by atoms with Crippen molar-refractivity contribution in [2.75, 3.05) is 6.61 Å². The van der Waals surface area contributed by atoms with Crippen LogP contribution in [-0.4, -0.2) is 44.0 Å². The molecule has 0 aliphatic rings. The van der Waals surface area contributed by atoms with E-state index in [-0.39, 0.29) is 6.61 Å². The van der Waals surface area contributed by atoms with Gasteiger partial charge in [0.1, 0.15) is 0 Å². The fraction of sp³-hybridized carbons (Fsp3) is 1.00. The van der Waals surface area contributed by atoms with Gasteiger partial charge in [-0.2, -0.15) is 0 Å². The summed E-state index contributed by atoms with van der Waals surface area (Å²) in [4.78, 5) is 0. The Kier molecular flexibility index (Phi) is 3.19. The van der Waals surface area contributed by atoms with Crippen LogP contribution in [0.15, 0.2) is 0 Å². The molecule has 0 saturated heterocycles. The van der Waals surface area contributed by atoms with E-state index in [1.54, 1.807) is 0 Å². The molecule has 0 radical (unpaired) electrons. The normalized spacial score (nSPS) is 19.3. The Morgan fingerprint density at radius 2 is 1.86 bits per heavy atom. The van der Waals surface area contributed by atoms with Gasteiger partial charge in [0.05, 0.1) is 18.4 Å². The first-order valence-corrected chi connectivity index (χ1v) is 3.31. The van der Waals surface area contributed by atoms with E-state index in [1.165, 1.54) is 0 Å². The van der Waals surface area contributed by atoms with Gasteiger partial charge in [-0.3, -0.25) is 0 Å². The van der Waals surface area contributed by atoms with Crippen molar-refractivity contribution in [2.45, 2.75) is 11.8 Å². The maximum Gasteiger partial charge on any atom is 0.0989 e. The van der Waals surface area contributed by atoms with Crippen molar-refractivity contribution >= 4 is 10.2 Å². The minimum absolute atomic E-state index is 0.343. The number of hydrogen-bond donors (Lipinski definition) is 3. The molecule has 0 bridgehead atoms. The van der Waals surface area contributed by atoms with Crippen LogP contribution in [0.1, 0.15) is 0 Å². The minimum atomic E-state index is -0.924. The zero-order valence-corrected chi connectivity index (χ0v) is 6.20. The second-order valence-corrected chi connectivity index (χ2v) is 2.67. The van der Waals surface area contributed by atoms with E-state index in [4.69, 9.17) is 15.3 Å². The molecule has 0 spiro atoms. The van der Waals surface area contributed by atoms with Crippen molar-refractivity contribution in [1.82, 2.24) is 0 Å². The van der Waals surface area contributed by atoms with Crippen molar-refractivity contribution in [2.24, 2.45) is 0 Å². The Balaban J connectivity index is 3.14. The van der Waals surface area contributed by atoms with Crippen molar-refractivity contribution < 1.29 is 15.3 Å². The van der Waals surface area contributed by atoms with Crippen LogP contribution in [0.2, 0.25) is 0 Å². The molecular formula is C3H10O3Si. The lowest BCUT2D eigenvalue weighted by atomic mass is 10.4. The van der Waals surface area contributed by atoms with Gasteiger partial charge in [-0.25, -0.2) is 0 Å². The van der Waals surface area contributed by atoms with Gasteiger partial charge in [-0.05, 0) is 0 Å². The van der Waals surface area contributed by atoms with Crippen LogP contribution in [-0.2, 0) is 0 Å². The molecule has 7 heavy (non-hydrogen) atoms. The monoisotopic (exact) mass is 122 g/mol. The highest BCUT2D eigenvalue weighted by Gasteiger charge is 2.06. The highest BCUT2D eigenvalue weighted by atomic mass is 28.1. The fourth-order valence-corrected chi connectivity index (χ4v) is 0.363. The van der Waals surface area contributed by atoms with Gasteiger partial charge < -0.3 is 15.3 Å². The second-order valence-electron chi connectivity index (χ2n) is 1.49. The first-order chi connectivity index (χ1) is 3.18. The van der Waals surface area contributed by atoms with E-state index in [1.807, 2.05) is 0 Å². The molecule has 0 aromatic rings. The lowest BCUT2D eigenvalue weighted by Gasteiger charge is -2.07. The maximum atomic E-state index is 8.47. The Morgan fingerprint density at radius 1 is 1.43 bits per heavy atom. The predicted octanol–water partition coefficient (Wildman–Crippen LogP) is -2.98. The molecule has 0 aliphatic heterocycles. The number of hydrogen-bond acceptors (Lipinski definition) is 3. The largest absolute Gasteiger partial charge is 0.395 e. The highest BCUT2D eigenvalue weighted by Crippen LogP contribution is 1.83. The van der Waals surface area contributed by atoms with E-state index in [9.17, 15) is 0 Å². The molecule has 3 nitrogen and oxygen atoms in total. The molecule has 0 amide bonds. The van der Waals surface area contributed by atoms with Crippen LogP contribution in [0.4, 0.5) is 0 Å². The van der Waals surface area contributed by atoms with E-state index in [0.717, 1.165) is 0 Å². The lowest BCUT2D eigenvalue weighted by Crippen LogP contribution is -2.28. The highest BCUT2D eigenvalue weighted by molar-refractivity contribution is 6.11. The Morgan fingerprint density at radius 3 is 1.86 bits per heavy atom. The summed E-state index contributed by atoms with van der Waals surface area (Å²) < 4.78 is 0. The predicted molar refractivity (Wildman–Crippen MR) is 29.0 cm³/mol. The second kappa shape index (κ2) is 3.14. The fourth-order valence-electron chi connectivity index (χ4n) is 0.153. The summed E-state index contributed by atoms with van der Waals surface area (Å²) in [5.74, 6) is 0. The minimum Gasteiger partial charge on any atom is -0.395 e. The third kappa shape index (κ3) is 2.75. The van der Waals surface area contributed by atoms with Crippen LogP contribution in [0.3, 0.4) is 0 Å². The average Bonchev–Trinajstić information content (AvgIpc) is 1.65. The van der Waals surface area contributed by atoms with E-state index >= 15 is 0 Å². The number of rotatable bonds is 2. The first kappa shape index (κ1) is 7.10. The summed E-state index contributed by atoms with van der Waals surface area (Å²) in [5.41, 5.74) is -0.690. The Hall–Kier alpha value is 0.0969. The molecule has 4 heteroatoms. The molecule has 0 aromatic carbocycles. The van der Waals surface area contributed by atoms with Gasteiger partial charge in [0, 0.05) is 10.2 Å². The lowest BCUT2D eigenvalue weighted by molar-refractivity contribution is 0.0247. The molecule has 2 unspecified atom stereocenters. The molecule has 0 aromatic heterocycles. The first-order valence-electron chi connectivity index (χ1n) is 2.15. The van der Waals surface area contributed by atoms with Crippen LogP contribution < -0.4 is 0 Å². The van der Waals surface area contributed by atoms with Crippen molar-refractivity contribution in [3.63, 3.8) is 0 Å². The van der Waals surface area contributed by atoms with Gasteiger partial charge in [-0.1, -0.05) is 0 Å². The quantitative estimate of drug-likeness (QED) is 0.343. The zero-order chi connectivity index (χ0) is 5.86. The smallest absolute Gasteiger partial charge is 0.0989 e. The van der Waals surface area contributed by atoms with Crippen LogP contribution >= 0.6 is 0 Å². The summed E-state index contributed by atoms with van der Waals surface area (Å²) >= 11 is 0. The molecule has 0 heterocycles. The molecule has 44 valence electrons. The topological polar surface area (TPSA) is 60.7 Å². The van der Waals surface area contributed by atoms with E-state index < -0.39 is 11.8 Å². The molecule has 2 atom stereocenters. The van der Waals surface area contributed by atoms with Gasteiger partial charge in [0.2, 0.25) is 0 Å². The summed E-state index contributed by atoms with van der Waals surface area (Å²) in [6.45, 7) is -0.343. The van der Waals surface area contributed by atoms with Crippen LogP contribution in [0.5, 0.6) is 0 Å². The third-order valence-corrected chi connectivity index (χ3v) is 1.51. The number of aliphatic hydroxyl groups is 3. The molecule has 0 aliphatic carbocycles. The van der Waals surface area contributed by atoms with Crippen molar-refractivity contribution in [1.29, 1.82) is 0 Å². The standard InChI is InChI=1S/C3H10O3Si/c4-1-2(5)3(6)7/h2-6H,1H2,7H3. The van der Waals surface area contributed by atoms with E-state index in [2.05, 4.69) is 0 Å². The molecule has 0 fully saturated rings. The van der Waals surface area contributed by atoms with Gasteiger partial charge in [-0.15, -0.1) is 0 Å². The van der Waals surface area contributed by atoms with Gasteiger partial charge >= 0.3 is 0 Å². The Bertz CT molecular complexity index is 47.4. The summed E-state index contributed by atoms with van der Waals surface area (Å²) in [5, 5.41) is 25.1. The molecule has 0 rings (SSSR count). The van der Waals surface area contributed by atoms with Crippen LogP contribution in [0.25, 0.3) is 0 Å². The maximum absolute atomic E-state index is 8.47. The summed E-state index contributed by atoms with van der Waals surface area (Å²) in [7, 11) is 0.508. The summed E-state index contributed by atoms with van der Waals surface area (Å²) in [6.07, 6.45) is -0.924. The van der Waals surface area contributed by atoms with E-state index in [0.29, 0.717) is 10.2 Å². The SMILES string of the molecule is OCC(O)C(O)[SiH3]. The van der Waals surface area contributed by atoms with Crippen molar-refractivity contribution in [3.8, 4) is 0 Å². The molecular weight excluding hydrogens is 112 g/mol. The Labute approximate surface area is 45.0 Å². The summed E-state index contributed by atoms with van der Waals surface area (Å²) in [6, 6.07) is 0. The van der Waals surface area contributed by atoms with Gasteiger partial charge in [0.15, 0.2) is 0 Å². The third-order valence-electron chi connectivity index (χ3n) is 0.744. The van der Waals surface area contributed by atoms with Crippen molar-refractivity contribution in [3.05, 3.63) is 0 Å².